The molecule has 0 saturated heterocycles. The van der Waals surface area contributed by atoms with Gasteiger partial charge in [-0.25, -0.2) is 0 Å². The van der Waals surface area contributed by atoms with Crippen LogP contribution in [0.2, 0.25) is 0 Å². The summed E-state index contributed by atoms with van der Waals surface area (Å²) < 4.78 is 0. The zero-order valence-electron chi connectivity index (χ0n) is 12.7. The molecule has 2 aliphatic carbocycles. The summed E-state index contributed by atoms with van der Waals surface area (Å²) in [5.41, 5.74) is 8.69. The van der Waals surface area contributed by atoms with Crippen molar-refractivity contribution in [3.63, 3.8) is 0 Å². The molecule has 0 amide bonds. The summed E-state index contributed by atoms with van der Waals surface area (Å²) in [6.45, 7) is 8.56. The lowest BCUT2D eigenvalue weighted by Crippen LogP contribution is -2.04. The predicted molar refractivity (Wildman–Crippen MR) is 91.5 cm³/mol. The van der Waals surface area contributed by atoms with E-state index < -0.39 is 0 Å². The van der Waals surface area contributed by atoms with E-state index in [4.69, 9.17) is 0 Å². The van der Waals surface area contributed by atoms with E-state index in [1.54, 1.807) is 5.57 Å². The molecule has 2 aromatic rings. The number of aryl methyl sites for hydroxylation is 2. The molecule has 0 fully saturated rings. The fraction of sp³-hybridized carbons (Fsp3) is 0.238. The van der Waals surface area contributed by atoms with E-state index in [9.17, 15) is 0 Å². The highest BCUT2D eigenvalue weighted by molar-refractivity contribution is 6.02. The minimum atomic E-state index is 0.465. The highest BCUT2D eigenvalue weighted by atomic mass is 14.3. The van der Waals surface area contributed by atoms with E-state index in [1.165, 1.54) is 38.6 Å². The van der Waals surface area contributed by atoms with Crippen LogP contribution in [-0.2, 0) is 6.42 Å². The summed E-state index contributed by atoms with van der Waals surface area (Å²) >= 11 is 0. The average Bonchev–Trinajstić information content (AvgIpc) is 2.93. The Morgan fingerprint density at radius 1 is 1.24 bits per heavy atom. The number of rotatable bonds is 1. The van der Waals surface area contributed by atoms with E-state index in [-0.39, 0.29) is 0 Å². The van der Waals surface area contributed by atoms with Crippen LogP contribution >= 0.6 is 0 Å². The normalized spacial score (nSPS) is 19.8. The van der Waals surface area contributed by atoms with Gasteiger partial charge in [-0.15, -0.1) is 6.58 Å². The molecule has 104 valence electrons. The molecule has 0 saturated carbocycles. The maximum Gasteiger partial charge on any atom is 0.00270 e. The van der Waals surface area contributed by atoms with Crippen LogP contribution in [0.1, 0.15) is 28.7 Å². The summed E-state index contributed by atoms with van der Waals surface area (Å²) in [4.78, 5) is 0. The molecule has 0 bridgehead atoms. The molecule has 4 rings (SSSR count). The van der Waals surface area contributed by atoms with Gasteiger partial charge in [0, 0.05) is 5.92 Å². The quantitative estimate of drug-likeness (QED) is 0.599. The van der Waals surface area contributed by atoms with E-state index >= 15 is 0 Å². The van der Waals surface area contributed by atoms with Gasteiger partial charge in [-0.1, -0.05) is 48.1 Å². The summed E-state index contributed by atoms with van der Waals surface area (Å²) in [5.74, 6) is 0.465. The van der Waals surface area contributed by atoms with Crippen LogP contribution in [0, 0.1) is 19.8 Å². The van der Waals surface area contributed by atoms with E-state index in [0.717, 1.165) is 12.8 Å². The molecular formula is C21H20. The molecule has 1 unspecified atom stereocenters. The molecular weight excluding hydrogens is 252 g/mol. The number of hydrogen-bond donors (Lipinski definition) is 0. The molecule has 2 aromatic carbocycles. The third-order valence-electron chi connectivity index (χ3n) is 5.20. The largest absolute Gasteiger partial charge is 0.102 e. The molecule has 0 heterocycles. The van der Waals surface area contributed by atoms with Crippen LogP contribution < -0.4 is 0 Å². The Morgan fingerprint density at radius 3 is 2.90 bits per heavy atom. The third-order valence-corrected chi connectivity index (χ3v) is 5.20. The zero-order chi connectivity index (χ0) is 14.6. The van der Waals surface area contributed by atoms with Gasteiger partial charge in [0.05, 0.1) is 0 Å². The van der Waals surface area contributed by atoms with Gasteiger partial charge < -0.3 is 0 Å². The van der Waals surface area contributed by atoms with Crippen molar-refractivity contribution in [3.8, 4) is 0 Å². The minimum absolute atomic E-state index is 0.465. The molecule has 21 heavy (non-hydrogen) atoms. The minimum Gasteiger partial charge on any atom is -0.102 e. The summed E-state index contributed by atoms with van der Waals surface area (Å²) in [5, 5.41) is 2.88. The van der Waals surface area contributed by atoms with Crippen LogP contribution in [0.5, 0.6) is 0 Å². The smallest absolute Gasteiger partial charge is 0.00270 e. The first kappa shape index (κ1) is 12.6. The molecule has 0 spiro atoms. The molecule has 0 nitrogen and oxygen atoms in total. The van der Waals surface area contributed by atoms with Crippen LogP contribution in [0.4, 0.5) is 0 Å². The second-order valence-electron chi connectivity index (χ2n) is 6.30. The standard InChI is InChI=1S/C21H20/c1-4-15-12-16-11-13(2)14(3)17-7-5-10-20(21(16)17)19-9-6-8-18(15)19/h4-7,9-11,15H,1,8,12H2,2-3H3. The van der Waals surface area contributed by atoms with Crippen LogP contribution in [-0.4, -0.2) is 0 Å². The molecule has 0 aromatic heterocycles. The van der Waals surface area contributed by atoms with Crippen molar-refractivity contribution in [3.05, 3.63) is 76.9 Å². The Hall–Kier alpha value is -2.08. The number of hydrogen-bond acceptors (Lipinski definition) is 0. The molecule has 0 aliphatic heterocycles. The Morgan fingerprint density at radius 2 is 2.10 bits per heavy atom. The van der Waals surface area contributed by atoms with E-state index in [0.29, 0.717) is 5.92 Å². The van der Waals surface area contributed by atoms with Crippen molar-refractivity contribution in [1.29, 1.82) is 0 Å². The lowest BCUT2D eigenvalue weighted by Gasteiger charge is -2.15. The molecule has 2 aliphatic rings. The number of benzene rings is 2. The van der Waals surface area contributed by atoms with Gasteiger partial charge in [0.2, 0.25) is 0 Å². The van der Waals surface area contributed by atoms with Crippen LogP contribution in [0.3, 0.4) is 0 Å². The van der Waals surface area contributed by atoms with Crippen molar-refractivity contribution in [2.75, 3.05) is 0 Å². The second kappa shape index (κ2) is 4.46. The first-order chi connectivity index (χ1) is 10.2. The average molecular weight is 272 g/mol. The fourth-order valence-corrected chi connectivity index (χ4v) is 3.97. The maximum absolute atomic E-state index is 4.09. The van der Waals surface area contributed by atoms with Gasteiger partial charge in [0.1, 0.15) is 0 Å². The van der Waals surface area contributed by atoms with Gasteiger partial charge in [-0.05, 0) is 65.3 Å². The van der Waals surface area contributed by atoms with Crippen molar-refractivity contribution in [1.82, 2.24) is 0 Å². The van der Waals surface area contributed by atoms with Gasteiger partial charge in [0.25, 0.3) is 0 Å². The number of fused-ring (bicyclic) bond motifs is 1. The second-order valence-corrected chi connectivity index (χ2v) is 6.30. The van der Waals surface area contributed by atoms with Gasteiger partial charge in [0.15, 0.2) is 0 Å². The predicted octanol–water partition coefficient (Wildman–Crippen LogP) is 5.53. The third kappa shape index (κ3) is 1.68. The Balaban J connectivity index is 2.16. The number of allylic oxidation sites excluding steroid dienone is 5. The van der Waals surface area contributed by atoms with Crippen LogP contribution in [0.15, 0.2) is 54.6 Å². The first-order valence-electron chi connectivity index (χ1n) is 7.75. The Labute approximate surface area is 126 Å². The molecule has 0 heteroatoms. The van der Waals surface area contributed by atoms with Gasteiger partial charge in [-0.3, -0.25) is 0 Å². The fourth-order valence-electron chi connectivity index (χ4n) is 3.97. The Bertz CT molecular complexity index is 831. The van der Waals surface area contributed by atoms with Crippen molar-refractivity contribution < 1.29 is 0 Å². The monoisotopic (exact) mass is 272 g/mol. The molecule has 0 radical (unpaired) electrons. The molecule has 1 atom stereocenters. The van der Waals surface area contributed by atoms with E-state index in [1.807, 2.05) is 0 Å². The SMILES string of the molecule is C=CC1Cc2cc(C)c(C)c3cccc(c23)C2=C1CC=C2. The van der Waals surface area contributed by atoms with Crippen molar-refractivity contribution >= 4 is 16.3 Å². The van der Waals surface area contributed by atoms with Gasteiger partial charge in [-0.2, -0.15) is 0 Å². The van der Waals surface area contributed by atoms with Gasteiger partial charge >= 0.3 is 0 Å². The summed E-state index contributed by atoms with van der Waals surface area (Å²) in [6.07, 6.45) is 8.90. The zero-order valence-corrected chi connectivity index (χ0v) is 12.7. The maximum atomic E-state index is 4.09. The summed E-state index contributed by atoms with van der Waals surface area (Å²) in [6, 6.07) is 9.16. The molecule has 0 N–H and O–H groups in total. The highest BCUT2D eigenvalue weighted by Crippen LogP contribution is 2.43. The van der Waals surface area contributed by atoms with Crippen molar-refractivity contribution in [2.45, 2.75) is 26.7 Å². The lowest BCUT2D eigenvalue weighted by molar-refractivity contribution is 0.750. The lowest BCUT2D eigenvalue weighted by atomic mass is 9.89. The topological polar surface area (TPSA) is 0 Å². The Kier molecular flexibility index (Phi) is 2.68. The van der Waals surface area contributed by atoms with Crippen molar-refractivity contribution in [2.24, 2.45) is 5.92 Å². The van der Waals surface area contributed by atoms with E-state index in [2.05, 4.69) is 62.9 Å². The first-order valence-corrected chi connectivity index (χ1v) is 7.75. The van der Waals surface area contributed by atoms with Crippen LogP contribution in [0.25, 0.3) is 16.3 Å². The summed E-state index contributed by atoms with van der Waals surface area (Å²) in [7, 11) is 0. The highest BCUT2D eigenvalue weighted by Gasteiger charge is 2.25.